The number of fused-ring (bicyclic) bond motifs is 4. The van der Waals surface area contributed by atoms with Gasteiger partial charge in [0.25, 0.3) is 0 Å². The van der Waals surface area contributed by atoms with Crippen LogP contribution in [0, 0.1) is 33.5 Å². The molecule has 2 bridgehead atoms. The second-order valence-corrected chi connectivity index (χ2v) is 11.6. The lowest BCUT2D eigenvalue weighted by molar-refractivity contribution is 0.0282. The summed E-state index contributed by atoms with van der Waals surface area (Å²) in [5, 5.41) is 22.1. The number of hydrogen-bond acceptors (Lipinski definition) is 7. The van der Waals surface area contributed by atoms with E-state index < -0.39 is 16.7 Å². The summed E-state index contributed by atoms with van der Waals surface area (Å²) >= 11 is 6.25. The summed E-state index contributed by atoms with van der Waals surface area (Å²) in [7, 11) is 1.66. The van der Waals surface area contributed by atoms with Gasteiger partial charge in [-0.1, -0.05) is 56.1 Å². The first kappa shape index (κ1) is 23.9. The van der Waals surface area contributed by atoms with Crippen molar-refractivity contribution in [2.45, 2.75) is 69.4 Å². The lowest BCUT2D eigenvalue weighted by Crippen LogP contribution is -2.74. The standard InChI is InChI=1S/C28H34N6OS/c1-35-23-13-7-6-12-22(23)24-27(14-29)16-32(20-8-2-3-9-20)17-28(24,15-30)26(36)34-19-33(18-31-25(27)34)21-10-4-5-11-21/h6-7,12-13,20-21,24H,2-5,8-11,16-19H2,1H3/t24-,27-,28-/m1/s1. The number of likely N-dealkylation sites (tertiary alicyclic amines) is 1. The number of hydrogen-bond donors (Lipinski definition) is 0. The van der Waals surface area contributed by atoms with Gasteiger partial charge in [0, 0.05) is 36.7 Å². The molecule has 8 heteroatoms. The lowest BCUT2D eigenvalue weighted by atomic mass is 9.53. The summed E-state index contributed by atoms with van der Waals surface area (Å²) in [4.78, 5) is 12.6. The predicted octanol–water partition coefficient (Wildman–Crippen LogP) is 4.27. The minimum Gasteiger partial charge on any atom is -0.496 e. The van der Waals surface area contributed by atoms with Crippen LogP contribution in [0.1, 0.15) is 62.8 Å². The number of piperidine rings is 2. The maximum Gasteiger partial charge on any atom is 0.136 e. The van der Waals surface area contributed by atoms with Crippen molar-refractivity contribution in [3.8, 4) is 17.9 Å². The van der Waals surface area contributed by atoms with Crippen LogP contribution in [0.2, 0.25) is 0 Å². The largest absolute Gasteiger partial charge is 0.496 e. The van der Waals surface area contributed by atoms with E-state index in [1.165, 1.54) is 38.5 Å². The Hall–Kier alpha value is -2.52. The maximum absolute atomic E-state index is 11.1. The molecular weight excluding hydrogens is 468 g/mol. The fourth-order valence-corrected chi connectivity index (χ4v) is 8.14. The fraction of sp³-hybridized carbons (Fsp3) is 0.643. The van der Waals surface area contributed by atoms with Crippen molar-refractivity contribution in [3.63, 3.8) is 0 Å². The number of rotatable bonds is 4. The number of methoxy groups -OCH3 is 1. The van der Waals surface area contributed by atoms with Crippen LogP contribution < -0.4 is 4.74 Å². The molecule has 1 aromatic carbocycles. The number of ether oxygens (including phenoxy) is 1. The Morgan fingerprint density at radius 3 is 2.19 bits per heavy atom. The topological polar surface area (TPSA) is 78.9 Å². The van der Waals surface area contributed by atoms with Crippen molar-refractivity contribution in [3.05, 3.63) is 29.8 Å². The van der Waals surface area contributed by atoms with Gasteiger partial charge in [0.2, 0.25) is 0 Å². The van der Waals surface area contributed by atoms with Gasteiger partial charge in [-0.05, 0) is 31.7 Å². The molecule has 2 aliphatic carbocycles. The van der Waals surface area contributed by atoms with Crippen molar-refractivity contribution in [2.75, 3.05) is 33.5 Å². The zero-order valence-electron chi connectivity index (χ0n) is 21.0. The van der Waals surface area contributed by atoms with Crippen molar-refractivity contribution in [1.82, 2.24) is 14.7 Å². The molecule has 0 unspecified atom stereocenters. The van der Waals surface area contributed by atoms with Crippen LogP contribution >= 0.6 is 12.2 Å². The number of nitriles is 2. The summed E-state index contributed by atoms with van der Waals surface area (Å²) in [6, 6.07) is 14.2. The Morgan fingerprint density at radius 2 is 1.56 bits per heavy atom. The molecule has 1 aromatic rings. The number of para-hydroxylation sites is 1. The number of benzene rings is 1. The van der Waals surface area contributed by atoms with E-state index in [4.69, 9.17) is 21.9 Å². The van der Waals surface area contributed by atoms with Crippen LogP contribution in [0.5, 0.6) is 5.75 Å². The number of aliphatic imine (C=N–C) groups is 1. The Kier molecular flexibility index (Phi) is 6.03. The van der Waals surface area contributed by atoms with Crippen LogP contribution in [0.25, 0.3) is 0 Å². The molecule has 188 valence electrons. The van der Waals surface area contributed by atoms with Crippen LogP contribution in [0.15, 0.2) is 29.3 Å². The van der Waals surface area contributed by atoms with Crippen LogP contribution in [0.4, 0.5) is 0 Å². The van der Waals surface area contributed by atoms with E-state index in [1.807, 2.05) is 24.3 Å². The van der Waals surface area contributed by atoms with Crippen molar-refractivity contribution >= 4 is 23.0 Å². The van der Waals surface area contributed by atoms with Crippen LogP contribution in [-0.2, 0) is 0 Å². The summed E-state index contributed by atoms with van der Waals surface area (Å²) < 4.78 is 5.79. The van der Waals surface area contributed by atoms with E-state index in [1.54, 1.807) is 7.11 Å². The minimum absolute atomic E-state index is 0.387. The highest BCUT2D eigenvalue weighted by Gasteiger charge is 2.69. The van der Waals surface area contributed by atoms with Crippen molar-refractivity contribution in [2.24, 2.45) is 15.8 Å². The average Bonchev–Trinajstić information content (AvgIpc) is 3.66. The van der Waals surface area contributed by atoms with Crippen LogP contribution in [-0.4, -0.2) is 71.1 Å². The maximum atomic E-state index is 11.1. The van der Waals surface area contributed by atoms with Gasteiger partial charge in [-0.2, -0.15) is 10.5 Å². The number of thiocarbonyl (C=S) groups is 1. The van der Waals surface area contributed by atoms with Gasteiger partial charge in [-0.15, -0.1) is 0 Å². The van der Waals surface area contributed by atoms with E-state index in [0.717, 1.165) is 24.2 Å². The molecule has 3 aliphatic heterocycles. The summed E-state index contributed by atoms with van der Waals surface area (Å²) in [6.07, 6.45) is 9.47. The highest BCUT2D eigenvalue weighted by molar-refractivity contribution is 7.80. The zero-order valence-corrected chi connectivity index (χ0v) is 21.8. The second-order valence-electron chi connectivity index (χ2n) is 11.2. The van der Waals surface area contributed by atoms with E-state index in [9.17, 15) is 10.5 Å². The molecule has 0 amide bonds. The molecule has 0 N–H and O–H groups in total. The third kappa shape index (κ3) is 3.35. The monoisotopic (exact) mass is 502 g/mol. The van der Waals surface area contributed by atoms with Gasteiger partial charge in [0.15, 0.2) is 0 Å². The Balaban J connectivity index is 1.53. The average molecular weight is 503 g/mol. The Bertz CT molecular complexity index is 1160. The predicted molar refractivity (Wildman–Crippen MR) is 141 cm³/mol. The fourth-order valence-electron chi connectivity index (χ4n) is 7.77. The van der Waals surface area contributed by atoms with Gasteiger partial charge >= 0.3 is 0 Å². The van der Waals surface area contributed by atoms with E-state index in [0.29, 0.717) is 49.2 Å². The molecule has 5 aliphatic rings. The smallest absolute Gasteiger partial charge is 0.136 e. The van der Waals surface area contributed by atoms with E-state index >= 15 is 0 Å². The molecule has 2 saturated heterocycles. The molecule has 6 rings (SSSR count). The molecule has 0 aromatic heterocycles. The molecule has 2 saturated carbocycles. The first-order valence-electron chi connectivity index (χ1n) is 13.4. The quantitative estimate of drug-likeness (QED) is 0.569. The zero-order chi connectivity index (χ0) is 24.9. The van der Waals surface area contributed by atoms with Gasteiger partial charge in [-0.3, -0.25) is 14.8 Å². The molecule has 7 nitrogen and oxygen atoms in total. The molecule has 3 atom stereocenters. The normalized spacial score (nSPS) is 33.6. The number of amidine groups is 1. The van der Waals surface area contributed by atoms with Gasteiger partial charge in [0.1, 0.15) is 27.4 Å². The van der Waals surface area contributed by atoms with Crippen LogP contribution in [0.3, 0.4) is 0 Å². The molecule has 4 fully saturated rings. The highest BCUT2D eigenvalue weighted by Crippen LogP contribution is 2.60. The van der Waals surface area contributed by atoms with Gasteiger partial charge in [0.05, 0.1) is 32.6 Å². The Morgan fingerprint density at radius 1 is 0.944 bits per heavy atom. The number of nitrogens with zero attached hydrogens (tertiary/aromatic N) is 6. The summed E-state index contributed by atoms with van der Waals surface area (Å²) in [5.41, 5.74) is -1.11. The van der Waals surface area contributed by atoms with Gasteiger partial charge < -0.3 is 9.64 Å². The Labute approximate surface area is 219 Å². The molecule has 3 heterocycles. The molecule has 0 spiro atoms. The summed E-state index contributed by atoms with van der Waals surface area (Å²) in [6.45, 7) is 2.33. The molecule has 0 radical (unpaired) electrons. The molecular formula is C28H34N6OS. The SMILES string of the molecule is COc1ccccc1[C@H]1[C@@]2(C#N)CN(C3CCCC3)C[C@@]1(C#N)C1=NCN(C3CCCC3)CN1C2=S. The van der Waals surface area contributed by atoms with Crippen molar-refractivity contribution < 1.29 is 4.74 Å². The first-order valence-corrected chi connectivity index (χ1v) is 13.8. The minimum atomic E-state index is -1.02. The highest BCUT2D eigenvalue weighted by atomic mass is 32.1. The van der Waals surface area contributed by atoms with Gasteiger partial charge in [-0.25, -0.2) is 0 Å². The van der Waals surface area contributed by atoms with E-state index in [-0.39, 0.29) is 0 Å². The third-order valence-electron chi connectivity index (χ3n) is 9.43. The third-order valence-corrected chi connectivity index (χ3v) is 10.0. The molecule has 36 heavy (non-hydrogen) atoms. The van der Waals surface area contributed by atoms with Crippen molar-refractivity contribution in [1.29, 1.82) is 10.5 Å². The second kappa shape index (κ2) is 9.10. The first-order chi connectivity index (χ1) is 17.6. The summed E-state index contributed by atoms with van der Waals surface area (Å²) in [5.74, 6) is 1.03. The lowest BCUT2D eigenvalue weighted by Gasteiger charge is -2.61. The van der Waals surface area contributed by atoms with E-state index in [2.05, 4.69) is 26.8 Å².